The molecule has 1 unspecified atom stereocenters. The second kappa shape index (κ2) is 6.33. The number of hydrogen-bond acceptors (Lipinski definition) is 3. The van der Waals surface area contributed by atoms with Crippen molar-refractivity contribution < 1.29 is 4.74 Å². The Labute approximate surface area is 127 Å². The topological polar surface area (TPSA) is 38.5 Å². The van der Waals surface area contributed by atoms with Gasteiger partial charge in [0.25, 0.3) is 0 Å². The molecular formula is C16H25ClN2O. The highest BCUT2D eigenvalue weighted by molar-refractivity contribution is 5.85. The molecule has 1 fully saturated rings. The zero-order valence-electron chi connectivity index (χ0n) is 12.2. The Kier molecular flexibility index (Phi) is 4.95. The Morgan fingerprint density at radius 3 is 3.00 bits per heavy atom. The van der Waals surface area contributed by atoms with Gasteiger partial charge in [0, 0.05) is 19.5 Å². The van der Waals surface area contributed by atoms with Crippen LogP contribution in [0.3, 0.4) is 0 Å². The first kappa shape index (κ1) is 15.6. The van der Waals surface area contributed by atoms with E-state index in [4.69, 9.17) is 10.5 Å². The molecule has 2 aliphatic rings. The molecule has 4 heteroatoms. The van der Waals surface area contributed by atoms with Crippen molar-refractivity contribution in [3.05, 3.63) is 29.3 Å². The fourth-order valence-electron chi connectivity index (χ4n) is 3.17. The quantitative estimate of drug-likeness (QED) is 0.926. The number of benzene rings is 1. The molecule has 0 saturated carbocycles. The van der Waals surface area contributed by atoms with E-state index in [1.807, 2.05) is 0 Å². The smallest absolute Gasteiger partial charge is 0.122 e. The summed E-state index contributed by atoms with van der Waals surface area (Å²) in [6.45, 7) is 7.45. The van der Waals surface area contributed by atoms with Crippen LogP contribution in [0.2, 0.25) is 0 Å². The van der Waals surface area contributed by atoms with Crippen LogP contribution in [-0.2, 0) is 12.8 Å². The third-order valence-corrected chi connectivity index (χ3v) is 4.60. The second-order valence-electron chi connectivity index (χ2n) is 6.33. The van der Waals surface area contributed by atoms with Gasteiger partial charge < -0.3 is 15.4 Å². The summed E-state index contributed by atoms with van der Waals surface area (Å²) in [4.78, 5) is 2.55. The summed E-state index contributed by atoms with van der Waals surface area (Å²) in [5.41, 5.74) is 9.01. The van der Waals surface area contributed by atoms with Gasteiger partial charge in [-0.3, -0.25) is 0 Å². The minimum atomic E-state index is 0. The van der Waals surface area contributed by atoms with Crippen LogP contribution in [0, 0.1) is 5.41 Å². The van der Waals surface area contributed by atoms with Gasteiger partial charge in [0.1, 0.15) is 5.75 Å². The van der Waals surface area contributed by atoms with E-state index >= 15 is 0 Å². The molecule has 0 bridgehead atoms. The van der Waals surface area contributed by atoms with Crippen molar-refractivity contribution in [1.82, 2.24) is 4.90 Å². The van der Waals surface area contributed by atoms with Crippen LogP contribution in [0.15, 0.2) is 18.2 Å². The number of halogens is 1. The number of rotatable bonds is 4. The van der Waals surface area contributed by atoms with Crippen molar-refractivity contribution in [3.8, 4) is 5.75 Å². The van der Waals surface area contributed by atoms with Crippen molar-refractivity contribution in [3.63, 3.8) is 0 Å². The molecule has 3 nitrogen and oxygen atoms in total. The van der Waals surface area contributed by atoms with Gasteiger partial charge in [-0.05, 0) is 48.5 Å². The molecule has 112 valence electrons. The van der Waals surface area contributed by atoms with Gasteiger partial charge in [-0.25, -0.2) is 0 Å². The van der Waals surface area contributed by atoms with Crippen molar-refractivity contribution in [1.29, 1.82) is 0 Å². The summed E-state index contributed by atoms with van der Waals surface area (Å²) in [5.74, 6) is 1.08. The molecule has 0 amide bonds. The number of hydrogen-bond donors (Lipinski definition) is 1. The zero-order valence-corrected chi connectivity index (χ0v) is 13.0. The average molecular weight is 297 g/mol. The van der Waals surface area contributed by atoms with E-state index in [1.54, 1.807) is 0 Å². The van der Waals surface area contributed by atoms with Crippen molar-refractivity contribution in [2.24, 2.45) is 11.1 Å². The van der Waals surface area contributed by atoms with E-state index in [0.717, 1.165) is 44.8 Å². The van der Waals surface area contributed by atoms with Crippen molar-refractivity contribution in [2.75, 3.05) is 32.8 Å². The first-order valence-electron chi connectivity index (χ1n) is 7.36. The molecule has 1 saturated heterocycles. The maximum Gasteiger partial charge on any atom is 0.122 e. The predicted molar refractivity (Wildman–Crippen MR) is 84.8 cm³/mol. The van der Waals surface area contributed by atoms with Gasteiger partial charge in [0.2, 0.25) is 0 Å². The van der Waals surface area contributed by atoms with Crippen LogP contribution < -0.4 is 10.5 Å². The lowest BCUT2D eigenvalue weighted by molar-refractivity contribution is 0.283. The molecule has 1 aromatic rings. The fraction of sp³-hybridized carbons (Fsp3) is 0.625. The fourth-order valence-corrected chi connectivity index (χ4v) is 3.17. The highest BCUT2D eigenvalue weighted by Crippen LogP contribution is 2.29. The van der Waals surface area contributed by atoms with Gasteiger partial charge >= 0.3 is 0 Å². The van der Waals surface area contributed by atoms with Crippen molar-refractivity contribution in [2.45, 2.75) is 26.2 Å². The van der Waals surface area contributed by atoms with Crippen molar-refractivity contribution >= 4 is 12.4 Å². The van der Waals surface area contributed by atoms with Gasteiger partial charge in [-0.2, -0.15) is 0 Å². The lowest BCUT2D eigenvalue weighted by Crippen LogP contribution is -2.32. The van der Waals surface area contributed by atoms with E-state index in [-0.39, 0.29) is 12.4 Å². The third-order valence-electron chi connectivity index (χ3n) is 4.60. The Bertz CT molecular complexity index is 466. The highest BCUT2D eigenvalue weighted by Gasteiger charge is 2.31. The zero-order chi connectivity index (χ0) is 13.3. The minimum Gasteiger partial charge on any atom is -0.493 e. The molecule has 2 aliphatic heterocycles. The molecule has 1 aromatic carbocycles. The van der Waals surface area contributed by atoms with Crippen LogP contribution in [0.4, 0.5) is 0 Å². The van der Waals surface area contributed by atoms with Gasteiger partial charge in [0.15, 0.2) is 0 Å². The third kappa shape index (κ3) is 3.27. The molecule has 0 aliphatic carbocycles. The van der Waals surface area contributed by atoms with E-state index in [0.29, 0.717) is 5.41 Å². The Hall–Kier alpha value is -0.770. The Morgan fingerprint density at radius 2 is 2.25 bits per heavy atom. The molecule has 2 heterocycles. The summed E-state index contributed by atoms with van der Waals surface area (Å²) in [6.07, 6.45) is 3.44. The molecule has 3 rings (SSSR count). The number of nitrogens with zero attached hydrogens (tertiary/aromatic N) is 1. The normalized spacial score (nSPS) is 25.1. The maximum absolute atomic E-state index is 5.86. The van der Waals surface area contributed by atoms with Gasteiger partial charge in [-0.1, -0.05) is 19.1 Å². The summed E-state index contributed by atoms with van der Waals surface area (Å²) in [5, 5.41) is 0. The van der Waals surface area contributed by atoms with Crippen LogP contribution in [0.5, 0.6) is 5.75 Å². The lowest BCUT2D eigenvalue weighted by atomic mass is 9.90. The summed E-state index contributed by atoms with van der Waals surface area (Å²) in [6, 6.07) is 6.66. The summed E-state index contributed by atoms with van der Waals surface area (Å²) in [7, 11) is 0. The van der Waals surface area contributed by atoms with E-state index in [1.165, 1.54) is 24.1 Å². The second-order valence-corrected chi connectivity index (χ2v) is 6.33. The average Bonchev–Trinajstić information content (AvgIpc) is 3.03. The predicted octanol–water partition coefficient (Wildman–Crippen LogP) is 2.26. The summed E-state index contributed by atoms with van der Waals surface area (Å²) >= 11 is 0. The Balaban J connectivity index is 0.00000147. The first-order chi connectivity index (χ1) is 9.18. The lowest BCUT2D eigenvalue weighted by Gasteiger charge is -2.22. The summed E-state index contributed by atoms with van der Waals surface area (Å²) < 4.78 is 5.55. The molecule has 2 N–H and O–H groups in total. The number of fused-ring (bicyclic) bond motifs is 1. The van der Waals surface area contributed by atoms with Crippen LogP contribution in [-0.4, -0.2) is 37.7 Å². The highest BCUT2D eigenvalue weighted by atomic mass is 35.5. The number of likely N-dealkylation sites (tertiary alicyclic amines) is 1. The van der Waals surface area contributed by atoms with Crippen LogP contribution >= 0.6 is 12.4 Å². The number of nitrogens with two attached hydrogens (primary N) is 1. The molecule has 0 aromatic heterocycles. The molecular weight excluding hydrogens is 272 g/mol. The largest absolute Gasteiger partial charge is 0.493 e. The van der Waals surface area contributed by atoms with Crippen LogP contribution in [0.1, 0.15) is 24.5 Å². The van der Waals surface area contributed by atoms with Gasteiger partial charge in [0.05, 0.1) is 6.61 Å². The van der Waals surface area contributed by atoms with E-state index in [2.05, 4.69) is 30.0 Å². The molecule has 1 atom stereocenters. The molecule has 20 heavy (non-hydrogen) atoms. The van der Waals surface area contributed by atoms with Gasteiger partial charge in [-0.15, -0.1) is 12.4 Å². The Morgan fingerprint density at radius 1 is 1.40 bits per heavy atom. The first-order valence-corrected chi connectivity index (χ1v) is 7.36. The number of ether oxygens (including phenoxy) is 1. The monoisotopic (exact) mass is 296 g/mol. The maximum atomic E-state index is 5.86. The molecule has 0 spiro atoms. The SMILES string of the molecule is CC1(CN)CCN(CCc2ccc3c(c2)CCO3)C1.Cl. The van der Waals surface area contributed by atoms with E-state index in [9.17, 15) is 0 Å². The standard InChI is InChI=1S/C16H24N2O.ClH/c1-16(11-17)6-8-18(12-16)7-4-13-2-3-15-14(10-13)5-9-19-15;/h2-3,10H,4-9,11-12,17H2,1H3;1H. The minimum absolute atomic E-state index is 0. The molecule has 0 radical (unpaired) electrons. The van der Waals surface area contributed by atoms with Crippen LogP contribution in [0.25, 0.3) is 0 Å². The van der Waals surface area contributed by atoms with E-state index < -0.39 is 0 Å².